The molecule has 1 amide bonds. The van der Waals surface area contributed by atoms with E-state index in [1.54, 1.807) is 12.0 Å². The van der Waals surface area contributed by atoms with Crippen molar-refractivity contribution < 1.29 is 22.3 Å². The molecule has 8 heteroatoms. The maximum absolute atomic E-state index is 13.1. The van der Waals surface area contributed by atoms with Crippen LogP contribution in [0.3, 0.4) is 0 Å². The largest absolute Gasteiger partial charge is 0.496 e. The fourth-order valence-electron chi connectivity index (χ4n) is 3.57. The van der Waals surface area contributed by atoms with Crippen molar-refractivity contribution in [1.29, 1.82) is 0 Å². The number of hydrogen-bond donors (Lipinski definition) is 0. The number of halogens is 2. The highest BCUT2D eigenvalue weighted by molar-refractivity contribution is 9.10. The summed E-state index contributed by atoms with van der Waals surface area (Å²) >= 11 is 3.43. The summed E-state index contributed by atoms with van der Waals surface area (Å²) in [7, 11) is -1.93. The molecule has 0 radical (unpaired) electrons. The second kappa shape index (κ2) is 9.26. The molecule has 3 rings (SSSR count). The number of amides is 1. The molecule has 2 aromatic rings. The molecule has 1 aliphatic heterocycles. The minimum atomic E-state index is -3.52. The fraction of sp³-hybridized carbons (Fsp3) is 0.381. The monoisotopic (exact) mass is 483 g/mol. The van der Waals surface area contributed by atoms with E-state index in [0.29, 0.717) is 38.8 Å². The Morgan fingerprint density at radius 1 is 1.17 bits per heavy atom. The molecule has 0 unspecified atom stereocenters. The van der Waals surface area contributed by atoms with E-state index < -0.39 is 20.9 Å². The smallest absolute Gasteiger partial charge is 0.222 e. The molecular formula is C21H23BrFNO4S. The highest BCUT2D eigenvalue weighted by atomic mass is 79.9. The molecule has 0 N–H and O–H groups in total. The lowest BCUT2D eigenvalue weighted by Gasteiger charge is -2.32. The lowest BCUT2D eigenvalue weighted by molar-refractivity contribution is -0.132. The fourth-order valence-corrected chi connectivity index (χ4v) is 5.71. The van der Waals surface area contributed by atoms with Gasteiger partial charge in [0.05, 0.1) is 17.3 Å². The molecule has 156 valence electrons. The third kappa shape index (κ3) is 5.17. The number of likely N-dealkylation sites (tertiary alicyclic amines) is 1. The van der Waals surface area contributed by atoms with Crippen LogP contribution in [0, 0.1) is 5.82 Å². The first-order valence-electron chi connectivity index (χ1n) is 9.41. The summed E-state index contributed by atoms with van der Waals surface area (Å²) in [6.07, 6.45) is 1.65. The molecule has 0 saturated carbocycles. The van der Waals surface area contributed by atoms with Crippen LogP contribution < -0.4 is 4.74 Å². The van der Waals surface area contributed by atoms with Gasteiger partial charge in [-0.15, -0.1) is 0 Å². The second-order valence-corrected chi connectivity index (χ2v) is 10.2. The van der Waals surface area contributed by atoms with Crippen LogP contribution in [-0.4, -0.2) is 44.7 Å². The SMILES string of the molecule is COc1ccc(Br)cc1CCC(=O)N1CCC(S(=O)(=O)c2ccc(F)cc2)CC1. The van der Waals surface area contributed by atoms with Gasteiger partial charge in [0.1, 0.15) is 11.6 Å². The number of sulfone groups is 1. The first kappa shape index (κ1) is 21.8. The van der Waals surface area contributed by atoms with Crippen molar-refractivity contribution in [2.45, 2.75) is 35.8 Å². The van der Waals surface area contributed by atoms with E-state index in [2.05, 4.69) is 15.9 Å². The van der Waals surface area contributed by atoms with E-state index in [0.717, 1.165) is 27.9 Å². The van der Waals surface area contributed by atoms with Crippen LogP contribution in [0.4, 0.5) is 4.39 Å². The number of carbonyl (C=O) groups excluding carboxylic acids is 1. The summed E-state index contributed by atoms with van der Waals surface area (Å²) in [6, 6.07) is 10.6. The quantitative estimate of drug-likeness (QED) is 0.582. The maximum atomic E-state index is 13.1. The molecule has 0 spiro atoms. The normalized spacial score (nSPS) is 15.3. The summed E-state index contributed by atoms with van der Waals surface area (Å²) < 4.78 is 44.8. The predicted molar refractivity (Wildman–Crippen MR) is 112 cm³/mol. The molecule has 2 aromatic carbocycles. The molecule has 0 atom stereocenters. The van der Waals surface area contributed by atoms with E-state index in [9.17, 15) is 17.6 Å². The standard InChI is InChI=1S/C21H23BrFNO4S/c1-28-20-8-3-16(22)14-15(20)2-9-21(25)24-12-10-19(11-13-24)29(26,27)18-6-4-17(23)5-7-18/h3-8,14,19H,2,9-13H2,1H3. The minimum Gasteiger partial charge on any atom is -0.496 e. The first-order valence-corrected chi connectivity index (χ1v) is 11.7. The van der Waals surface area contributed by atoms with Gasteiger partial charge in [-0.05, 0) is 67.3 Å². The Hall–Kier alpha value is -1.93. The zero-order valence-electron chi connectivity index (χ0n) is 16.1. The first-order chi connectivity index (χ1) is 13.8. The van der Waals surface area contributed by atoms with Crippen LogP contribution in [0.15, 0.2) is 51.8 Å². The van der Waals surface area contributed by atoms with Gasteiger partial charge < -0.3 is 9.64 Å². The summed E-state index contributed by atoms with van der Waals surface area (Å²) in [5, 5.41) is -0.554. The van der Waals surface area contributed by atoms with Crippen molar-refractivity contribution in [1.82, 2.24) is 4.90 Å². The topological polar surface area (TPSA) is 63.7 Å². The lowest BCUT2D eigenvalue weighted by atomic mass is 10.1. The Morgan fingerprint density at radius 3 is 2.45 bits per heavy atom. The van der Waals surface area contributed by atoms with Gasteiger partial charge in [0.25, 0.3) is 0 Å². The van der Waals surface area contributed by atoms with Crippen LogP contribution in [0.2, 0.25) is 0 Å². The van der Waals surface area contributed by atoms with Crippen LogP contribution in [0.5, 0.6) is 5.75 Å². The highest BCUT2D eigenvalue weighted by Gasteiger charge is 2.32. The summed E-state index contributed by atoms with van der Waals surface area (Å²) in [4.78, 5) is 14.5. The Morgan fingerprint density at radius 2 is 1.83 bits per heavy atom. The molecule has 1 heterocycles. The highest BCUT2D eigenvalue weighted by Crippen LogP contribution is 2.27. The third-order valence-corrected chi connectivity index (χ3v) is 8.00. The predicted octanol–water partition coefficient (Wildman–Crippen LogP) is 3.99. The molecule has 29 heavy (non-hydrogen) atoms. The molecule has 0 aliphatic carbocycles. The van der Waals surface area contributed by atoms with Gasteiger partial charge in [-0.25, -0.2) is 12.8 Å². The molecule has 5 nitrogen and oxygen atoms in total. The number of piperidine rings is 1. The Balaban J connectivity index is 1.57. The van der Waals surface area contributed by atoms with Crippen molar-refractivity contribution in [3.8, 4) is 5.75 Å². The van der Waals surface area contributed by atoms with Crippen molar-refractivity contribution in [2.75, 3.05) is 20.2 Å². The third-order valence-electron chi connectivity index (χ3n) is 5.23. The summed E-state index contributed by atoms with van der Waals surface area (Å²) in [5.74, 6) is 0.279. The Labute approximate surface area is 178 Å². The van der Waals surface area contributed by atoms with Gasteiger partial charge >= 0.3 is 0 Å². The molecule has 1 saturated heterocycles. The average Bonchev–Trinajstić information content (AvgIpc) is 2.72. The van der Waals surface area contributed by atoms with Crippen molar-refractivity contribution in [2.24, 2.45) is 0 Å². The number of methoxy groups -OCH3 is 1. The summed E-state index contributed by atoms with van der Waals surface area (Å²) in [5.41, 5.74) is 0.948. The molecular weight excluding hydrogens is 461 g/mol. The number of hydrogen-bond acceptors (Lipinski definition) is 4. The number of rotatable bonds is 6. The number of ether oxygens (including phenoxy) is 1. The van der Waals surface area contributed by atoms with Crippen LogP contribution in [0.25, 0.3) is 0 Å². The van der Waals surface area contributed by atoms with Gasteiger partial charge in [0.15, 0.2) is 9.84 Å². The Bertz CT molecular complexity index is 971. The van der Waals surface area contributed by atoms with E-state index in [-0.39, 0.29) is 10.8 Å². The molecule has 1 fully saturated rings. The zero-order valence-corrected chi connectivity index (χ0v) is 18.5. The maximum Gasteiger partial charge on any atom is 0.222 e. The van der Waals surface area contributed by atoms with Gasteiger partial charge in [-0.3, -0.25) is 4.79 Å². The summed E-state index contributed by atoms with van der Waals surface area (Å²) in [6.45, 7) is 0.805. The van der Waals surface area contributed by atoms with E-state index in [1.165, 1.54) is 12.1 Å². The van der Waals surface area contributed by atoms with Crippen molar-refractivity contribution in [3.63, 3.8) is 0 Å². The Kier molecular flexibility index (Phi) is 6.95. The van der Waals surface area contributed by atoms with Crippen LogP contribution in [-0.2, 0) is 21.1 Å². The van der Waals surface area contributed by atoms with Gasteiger partial charge in [0, 0.05) is 24.0 Å². The minimum absolute atomic E-state index is 0.00431. The number of carbonyl (C=O) groups is 1. The number of benzene rings is 2. The molecule has 1 aliphatic rings. The van der Waals surface area contributed by atoms with Crippen LogP contribution >= 0.6 is 15.9 Å². The van der Waals surface area contributed by atoms with Gasteiger partial charge in [-0.1, -0.05) is 15.9 Å². The number of aryl methyl sites for hydroxylation is 1. The second-order valence-electron chi connectivity index (χ2n) is 7.04. The van der Waals surface area contributed by atoms with Crippen molar-refractivity contribution >= 4 is 31.7 Å². The van der Waals surface area contributed by atoms with Gasteiger partial charge in [0.2, 0.25) is 5.91 Å². The van der Waals surface area contributed by atoms with E-state index in [1.807, 2.05) is 18.2 Å². The van der Waals surface area contributed by atoms with Gasteiger partial charge in [-0.2, -0.15) is 0 Å². The van der Waals surface area contributed by atoms with E-state index >= 15 is 0 Å². The lowest BCUT2D eigenvalue weighted by Crippen LogP contribution is -2.42. The molecule has 0 bridgehead atoms. The average molecular weight is 484 g/mol. The van der Waals surface area contributed by atoms with Crippen LogP contribution in [0.1, 0.15) is 24.8 Å². The zero-order chi connectivity index (χ0) is 21.0. The number of nitrogens with zero attached hydrogens (tertiary/aromatic N) is 1. The van der Waals surface area contributed by atoms with E-state index in [4.69, 9.17) is 4.74 Å². The van der Waals surface area contributed by atoms with Crippen molar-refractivity contribution in [3.05, 3.63) is 58.3 Å². The molecule has 0 aromatic heterocycles.